The molecule has 0 radical (unpaired) electrons. The monoisotopic (exact) mass is 588 g/mol. The van der Waals surface area contributed by atoms with Crippen LogP contribution in [0.1, 0.15) is 24.0 Å². The molecule has 0 amide bonds. The van der Waals surface area contributed by atoms with Crippen molar-refractivity contribution >= 4 is 72.3 Å². The van der Waals surface area contributed by atoms with Gasteiger partial charge in [-0.25, -0.2) is 0 Å². The van der Waals surface area contributed by atoms with Gasteiger partial charge < -0.3 is 9.47 Å². The number of thiol groups is 2. The molecule has 2 rings (SSSR count). The molecule has 0 fully saturated rings. The van der Waals surface area contributed by atoms with E-state index >= 15 is 0 Å². The fourth-order valence-electron chi connectivity index (χ4n) is 3.18. The summed E-state index contributed by atoms with van der Waals surface area (Å²) in [6, 6.07) is 16.9. The van der Waals surface area contributed by atoms with Gasteiger partial charge in [0.1, 0.15) is 11.5 Å². The highest BCUT2D eigenvalue weighted by Gasteiger charge is 2.05. The second kappa shape index (κ2) is 22.2. The van der Waals surface area contributed by atoms with E-state index in [2.05, 4.69) is 73.8 Å². The summed E-state index contributed by atoms with van der Waals surface area (Å²) in [5.41, 5.74) is 2.51. The van der Waals surface area contributed by atoms with Gasteiger partial charge in [-0.15, -0.1) is 0 Å². The van der Waals surface area contributed by atoms with E-state index in [9.17, 15) is 0 Å². The maximum absolute atomic E-state index is 6.13. The van der Waals surface area contributed by atoms with E-state index in [1.54, 1.807) is 0 Å². The van der Waals surface area contributed by atoms with E-state index in [-0.39, 0.29) is 0 Å². The van der Waals surface area contributed by atoms with Crippen molar-refractivity contribution in [2.24, 2.45) is 0 Å². The topological polar surface area (TPSA) is 18.5 Å². The van der Waals surface area contributed by atoms with Crippen molar-refractivity contribution in [3.05, 3.63) is 59.7 Å². The van der Waals surface area contributed by atoms with Gasteiger partial charge in [0.25, 0.3) is 0 Å². The van der Waals surface area contributed by atoms with Gasteiger partial charge in [0.05, 0.1) is 13.2 Å². The fourth-order valence-corrected chi connectivity index (χ4v) is 7.56. The molecule has 0 aromatic heterocycles. The summed E-state index contributed by atoms with van der Waals surface area (Å²) in [5.74, 6) is 13.4. The van der Waals surface area contributed by atoms with E-state index in [1.165, 1.54) is 34.1 Å². The van der Waals surface area contributed by atoms with Gasteiger partial charge in [-0.2, -0.15) is 72.3 Å². The zero-order valence-electron chi connectivity index (χ0n) is 20.6. The second-order valence-electron chi connectivity index (χ2n) is 7.73. The Balaban J connectivity index is 1.62. The highest BCUT2D eigenvalue weighted by molar-refractivity contribution is 8.03. The molecule has 0 N–H and O–H groups in total. The smallest absolute Gasteiger partial charge is 0.122 e. The van der Waals surface area contributed by atoms with Crippen LogP contribution in [0.5, 0.6) is 11.5 Å². The van der Waals surface area contributed by atoms with Gasteiger partial charge in [0.2, 0.25) is 0 Å². The van der Waals surface area contributed by atoms with E-state index in [1.807, 2.05) is 47.0 Å². The van der Waals surface area contributed by atoms with Crippen LogP contribution in [0.4, 0.5) is 0 Å². The first-order valence-electron chi connectivity index (χ1n) is 12.3. The number of rotatable bonds is 22. The molecule has 0 aliphatic rings. The summed E-state index contributed by atoms with van der Waals surface area (Å²) in [5, 5.41) is 0. The first-order chi connectivity index (χ1) is 17.3. The summed E-state index contributed by atoms with van der Waals surface area (Å²) < 4.78 is 12.1. The number of ether oxygens (including phenoxy) is 2. The normalized spacial score (nSPS) is 11.0. The number of hydrogen-bond acceptors (Lipinski definition) is 8. The molecular formula is C27H40O2S6. The minimum atomic E-state index is 0.771. The Kier molecular flexibility index (Phi) is 19.8. The molecular weight excluding hydrogens is 549 g/mol. The summed E-state index contributed by atoms with van der Waals surface area (Å²) in [4.78, 5) is 0. The number of para-hydroxylation sites is 1. The molecule has 2 aromatic carbocycles. The molecule has 0 bridgehead atoms. The molecule has 0 aliphatic carbocycles. The molecule has 35 heavy (non-hydrogen) atoms. The van der Waals surface area contributed by atoms with Crippen LogP contribution in [-0.4, -0.2) is 70.7 Å². The van der Waals surface area contributed by atoms with Gasteiger partial charge in [-0.05, 0) is 65.2 Å². The Morgan fingerprint density at radius 3 is 1.71 bits per heavy atom. The Morgan fingerprint density at radius 1 is 0.571 bits per heavy atom. The largest absolute Gasteiger partial charge is 0.494 e. The van der Waals surface area contributed by atoms with Crippen LogP contribution in [0.15, 0.2) is 48.5 Å². The lowest BCUT2D eigenvalue weighted by Crippen LogP contribution is -2.02. The fraction of sp³-hybridized carbons (Fsp3) is 0.556. The van der Waals surface area contributed by atoms with Crippen LogP contribution in [0, 0.1) is 0 Å². The van der Waals surface area contributed by atoms with Gasteiger partial charge in [-0.3, -0.25) is 0 Å². The maximum Gasteiger partial charge on any atom is 0.122 e. The third-order valence-corrected chi connectivity index (χ3v) is 10.6. The SMILES string of the molecule is SCCSCCSCCCOc1ccc(Cc2ccccc2OCCCSCCSCCS)cc1. The van der Waals surface area contributed by atoms with Crippen molar-refractivity contribution < 1.29 is 9.47 Å². The molecule has 0 atom stereocenters. The van der Waals surface area contributed by atoms with Crippen molar-refractivity contribution in [3.8, 4) is 11.5 Å². The molecule has 0 heterocycles. The van der Waals surface area contributed by atoms with Crippen molar-refractivity contribution in [2.75, 3.05) is 70.7 Å². The van der Waals surface area contributed by atoms with Crippen LogP contribution >= 0.6 is 72.3 Å². The van der Waals surface area contributed by atoms with Crippen molar-refractivity contribution in [1.82, 2.24) is 0 Å². The molecule has 0 unspecified atom stereocenters. The third-order valence-electron chi connectivity index (χ3n) is 4.90. The second-order valence-corrected chi connectivity index (χ2v) is 13.5. The van der Waals surface area contributed by atoms with Crippen LogP contribution in [0.3, 0.4) is 0 Å². The first-order valence-corrected chi connectivity index (χ1v) is 18.2. The number of benzene rings is 2. The molecule has 0 spiro atoms. The average Bonchev–Trinajstić information content (AvgIpc) is 2.88. The lowest BCUT2D eigenvalue weighted by atomic mass is 10.0. The number of thioether (sulfide) groups is 4. The highest BCUT2D eigenvalue weighted by Crippen LogP contribution is 2.23. The van der Waals surface area contributed by atoms with E-state index < -0.39 is 0 Å². The molecule has 196 valence electrons. The molecule has 2 aromatic rings. The minimum Gasteiger partial charge on any atom is -0.494 e. The Hall–Kier alpha value is 0.140. The van der Waals surface area contributed by atoms with Crippen LogP contribution in [0.2, 0.25) is 0 Å². The van der Waals surface area contributed by atoms with E-state index in [0.29, 0.717) is 0 Å². The average molecular weight is 589 g/mol. The van der Waals surface area contributed by atoms with Crippen LogP contribution < -0.4 is 9.47 Å². The lowest BCUT2D eigenvalue weighted by molar-refractivity contribution is 0.316. The lowest BCUT2D eigenvalue weighted by Gasteiger charge is -2.12. The Labute approximate surface area is 241 Å². The standard InChI is InChI=1S/C27H40O2S6/c30-13-17-34-21-19-32-15-3-11-28-26-9-7-24(8-10-26)23-25-5-1-2-6-27(25)29-12-4-16-33-20-22-35-18-14-31/h1-2,5-10,30-31H,3-4,11-23H2. The van der Waals surface area contributed by atoms with Gasteiger partial charge >= 0.3 is 0 Å². The predicted octanol–water partition coefficient (Wildman–Crippen LogP) is 7.61. The third kappa shape index (κ3) is 15.9. The van der Waals surface area contributed by atoms with Gasteiger partial charge in [-0.1, -0.05) is 30.3 Å². The van der Waals surface area contributed by atoms with Gasteiger partial charge in [0, 0.05) is 40.9 Å². The Bertz CT molecular complexity index is 760. The van der Waals surface area contributed by atoms with Crippen molar-refractivity contribution in [1.29, 1.82) is 0 Å². The van der Waals surface area contributed by atoms with E-state index in [0.717, 1.165) is 78.5 Å². The molecule has 2 nitrogen and oxygen atoms in total. The highest BCUT2D eigenvalue weighted by atomic mass is 32.2. The number of hydrogen-bond donors (Lipinski definition) is 2. The summed E-state index contributed by atoms with van der Waals surface area (Å²) >= 11 is 16.5. The predicted molar refractivity (Wildman–Crippen MR) is 173 cm³/mol. The van der Waals surface area contributed by atoms with Crippen molar-refractivity contribution in [3.63, 3.8) is 0 Å². The maximum atomic E-state index is 6.13. The molecule has 8 heteroatoms. The van der Waals surface area contributed by atoms with Crippen molar-refractivity contribution in [2.45, 2.75) is 19.3 Å². The zero-order valence-corrected chi connectivity index (χ0v) is 25.6. The summed E-state index contributed by atoms with van der Waals surface area (Å²) in [6.07, 6.45) is 3.03. The molecule has 0 saturated carbocycles. The van der Waals surface area contributed by atoms with E-state index in [4.69, 9.17) is 9.47 Å². The Morgan fingerprint density at radius 2 is 1.11 bits per heavy atom. The van der Waals surface area contributed by atoms with Crippen LogP contribution in [-0.2, 0) is 6.42 Å². The van der Waals surface area contributed by atoms with Gasteiger partial charge in [0.15, 0.2) is 0 Å². The quantitative estimate of drug-likeness (QED) is 0.108. The molecule has 0 saturated heterocycles. The summed E-state index contributed by atoms with van der Waals surface area (Å²) in [6.45, 7) is 1.55. The minimum absolute atomic E-state index is 0.771. The summed E-state index contributed by atoms with van der Waals surface area (Å²) in [7, 11) is 0. The zero-order chi connectivity index (χ0) is 24.8. The molecule has 0 aliphatic heterocycles. The first kappa shape index (κ1) is 31.4. The van der Waals surface area contributed by atoms with Crippen LogP contribution in [0.25, 0.3) is 0 Å².